The van der Waals surface area contributed by atoms with E-state index in [9.17, 15) is 0 Å². The van der Waals surface area contributed by atoms with Crippen molar-refractivity contribution in [1.29, 1.82) is 0 Å². The van der Waals surface area contributed by atoms with Crippen molar-refractivity contribution in [1.82, 2.24) is 24.8 Å². The maximum absolute atomic E-state index is 4.88. The van der Waals surface area contributed by atoms with E-state index in [4.69, 9.17) is 9.97 Å². The number of anilines is 3. The van der Waals surface area contributed by atoms with Gasteiger partial charge in [0, 0.05) is 37.6 Å². The number of thiazole rings is 1. The second kappa shape index (κ2) is 7.79. The number of aromatic nitrogens is 4. The average molecular weight is 444 g/mol. The second-order valence-corrected chi connectivity index (χ2v) is 9.76. The predicted molar refractivity (Wildman–Crippen MR) is 130 cm³/mol. The summed E-state index contributed by atoms with van der Waals surface area (Å²) >= 11 is 1.62. The lowest BCUT2D eigenvalue weighted by Crippen LogP contribution is -2.32. The Labute approximate surface area is 191 Å². The van der Waals surface area contributed by atoms with Crippen LogP contribution < -0.4 is 10.2 Å². The molecule has 1 N–H and O–H groups in total. The number of nitrogens with zero attached hydrogens (tertiary/aromatic N) is 6. The van der Waals surface area contributed by atoms with Gasteiger partial charge in [0.1, 0.15) is 28.2 Å². The molecule has 0 unspecified atom stereocenters. The van der Waals surface area contributed by atoms with E-state index in [2.05, 4.69) is 57.3 Å². The van der Waals surface area contributed by atoms with Crippen molar-refractivity contribution in [2.75, 3.05) is 36.9 Å². The zero-order valence-corrected chi connectivity index (χ0v) is 19.0. The third-order valence-corrected chi connectivity index (χ3v) is 7.64. The van der Waals surface area contributed by atoms with Crippen LogP contribution in [0.3, 0.4) is 0 Å². The molecule has 2 saturated heterocycles. The Morgan fingerprint density at radius 1 is 1.06 bits per heavy atom. The summed E-state index contributed by atoms with van der Waals surface area (Å²) in [6.07, 6.45) is 4.97. The minimum absolute atomic E-state index is 0.652. The molecule has 7 nitrogen and oxygen atoms in total. The summed E-state index contributed by atoms with van der Waals surface area (Å²) in [7, 11) is 2.24. The Morgan fingerprint density at radius 3 is 2.88 bits per heavy atom. The zero-order valence-electron chi connectivity index (χ0n) is 18.2. The summed E-state index contributed by atoms with van der Waals surface area (Å²) < 4.78 is 1.05. The van der Waals surface area contributed by atoms with E-state index in [1.165, 1.54) is 13.0 Å². The third kappa shape index (κ3) is 3.49. The maximum Gasteiger partial charge on any atom is 0.143 e. The van der Waals surface area contributed by atoms with Gasteiger partial charge in [-0.3, -0.25) is 4.98 Å². The molecule has 0 aliphatic carbocycles. The minimum Gasteiger partial charge on any atom is -0.355 e. The number of rotatable bonds is 4. The number of fused-ring (bicyclic) bond motifs is 2. The summed E-state index contributed by atoms with van der Waals surface area (Å²) in [6.45, 7) is 5.41. The Morgan fingerprint density at radius 2 is 2.00 bits per heavy atom. The maximum atomic E-state index is 4.88. The van der Waals surface area contributed by atoms with Gasteiger partial charge in [0.2, 0.25) is 0 Å². The molecule has 6 heterocycles. The summed E-state index contributed by atoms with van der Waals surface area (Å²) in [5.41, 5.74) is 2.97. The van der Waals surface area contributed by atoms with Crippen molar-refractivity contribution in [2.24, 2.45) is 5.92 Å². The van der Waals surface area contributed by atoms with E-state index in [0.717, 1.165) is 62.9 Å². The van der Waals surface area contributed by atoms with Gasteiger partial charge in [0.25, 0.3) is 0 Å². The number of hydrogen-bond donors (Lipinski definition) is 1. The molecule has 4 aromatic heterocycles. The van der Waals surface area contributed by atoms with Crippen LogP contribution in [0.2, 0.25) is 0 Å². The van der Waals surface area contributed by atoms with Crippen LogP contribution in [0.4, 0.5) is 17.5 Å². The smallest absolute Gasteiger partial charge is 0.143 e. The quantitative estimate of drug-likeness (QED) is 0.503. The molecule has 2 fully saturated rings. The Balaban J connectivity index is 1.23. The monoisotopic (exact) mass is 443 g/mol. The van der Waals surface area contributed by atoms with Crippen LogP contribution in [-0.4, -0.2) is 57.6 Å². The van der Waals surface area contributed by atoms with Crippen molar-refractivity contribution >= 4 is 39.0 Å². The van der Waals surface area contributed by atoms with E-state index in [1.807, 2.05) is 30.6 Å². The zero-order chi connectivity index (χ0) is 21.7. The fourth-order valence-electron chi connectivity index (χ4n) is 4.87. The highest BCUT2D eigenvalue weighted by atomic mass is 32.1. The summed E-state index contributed by atoms with van der Waals surface area (Å²) in [5.74, 6) is 3.33. The summed E-state index contributed by atoms with van der Waals surface area (Å²) in [5, 5.41) is 4.29. The van der Waals surface area contributed by atoms with Crippen LogP contribution in [-0.2, 0) is 0 Å². The molecule has 0 radical (unpaired) electrons. The standard InChI is InChI=1S/C24H25N7S/c1-15-5-4-9-25-23(15)24-27-17-11-21(26-12-19(17)32-24)28-20-6-3-7-22(29-20)31-13-16-8-10-30(2)18(16)14-31/h3-7,9,11-12,16,18H,8,10,13-14H2,1-2H3,(H,26,28,29)/t16-,18+/m0/s1. The molecule has 162 valence electrons. The van der Waals surface area contributed by atoms with Crippen molar-refractivity contribution in [2.45, 2.75) is 19.4 Å². The normalized spacial score (nSPS) is 20.8. The molecule has 0 spiro atoms. The number of likely N-dealkylation sites (tertiary alicyclic amines) is 1. The molecule has 2 atom stereocenters. The fourth-order valence-corrected chi connectivity index (χ4v) is 5.85. The number of hydrogen-bond acceptors (Lipinski definition) is 8. The van der Waals surface area contributed by atoms with Gasteiger partial charge in [-0.1, -0.05) is 12.1 Å². The SMILES string of the molecule is Cc1cccnc1-c1nc2cc(Nc3cccc(N4C[C@@H]5CCN(C)[C@@H]5C4)n3)ncc2s1. The highest BCUT2D eigenvalue weighted by Gasteiger charge is 2.39. The number of pyridine rings is 3. The van der Waals surface area contributed by atoms with Gasteiger partial charge in [-0.25, -0.2) is 15.0 Å². The largest absolute Gasteiger partial charge is 0.355 e. The first-order chi connectivity index (χ1) is 15.6. The lowest BCUT2D eigenvalue weighted by atomic mass is 10.1. The van der Waals surface area contributed by atoms with Gasteiger partial charge in [0.05, 0.1) is 10.2 Å². The van der Waals surface area contributed by atoms with E-state index >= 15 is 0 Å². The van der Waals surface area contributed by atoms with Gasteiger partial charge >= 0.3 is 0 Å². The van der Waals surface area contributed by atoms with E-state index in [0.29, 0.717) is 6.04 Å². The minimum atomic E-state index is 0.652. The van der Waals surface area contributed by atoms with Crippen LogP contribution in [0.1, 0.15) is 12.0 Å². The van der Waals surface area contributed by atoms with Crippen molar-refractivity contribution in [3.05, 3.63) is 54.4 Å². The molecule has 32 heavy (non-hydrogen) atoms. The number of nitrogens with one attached hydrogen (secondary N) is 1. The summed E-state index contributed by atoms with van der Waals surface area (Å²) in [4.78, 5) is 23.7. The van der Waals surface area contributed by atoms with E-state index < -0.39 is 0 Å². The first kappa shape index (κ1) is 19.6. The van der Waals surface area contributed by atoms with Crippen LogP contribution in [0.5, 0.6) is 0 Å². The predicted octanol–water partition coefficient (Wildman–Crippen LogP) is 4.34. The lowest BCUT2D eigenvalue weighted by molar-refractivity contribution is 0.310. The molecule has 2 aliphatic heterocycles. The number of aryl methyl sites for hydroxylation is 1. The second-order valence-electron chi connectivity index (χ2n) is 8.73. The van der Waals surface area contributed by atoms with E-state index in [-0.39, 0.29) is 0 Å². The Hall–Kier alpha value is -3.10. The summed E-state index contributed by atoms with van der Waals surface area (Å²) in [6, 6.07) is 12.8. The van der Waals surface area contributed by atoms with Crippen molar-refractivity contribution in [3.63, 3.8) is 0 Å². The van der Waals surface area contributed by atoms with Gasteiger partial charge in [-0.05, 0) is 56.6 Å². The van der Waals surface area contributed by atoms with Crippen LogP contribution >= 0.6 is 11.3 Å². The van der Waals surface area contributed by atoms with Gasteiger partial charge < -0.3 is 15.1 Å². The molecule has 0 amide bonds. The lowest BCUT2D eigenvalue weighted by Gasteiger charge is -2.21. The molecule has 4 aromatic rings. The van der Waals surface area contributed by atoms with Crippen molar-refractivity contribution in [3.8, 4) is 10.7 Å². The van der Waals surface area contributed by atoms with Crippen LogP contribution in [0.25, 0.3) is 20.9 Å². The van der Waals surface area contributed by atoms with Crippen LogP contribution in [0.15, 0.2) is 48.8 Å². The Kier molecular flexibility index (Phi) is 4.77. The molecule has 6 rings (SSSR count). The molecular weight excluding hydrogens is 418 g/mol. The molecule has 0 saturated carbocycles. The Bertz CT molecular complexity index is 1290. The average Bonchev–Trinajstić information content (AvgIpc) is 3.50. The highest BCUT2D eigenvalue weighted by Crippen LogP contribution is 2.34. The topological polar surface area (TPSA) is 70.1 Å². The van der Waals surface area contributed by atoms with Gasteiger partial charge in [-0.2, -0.15) is 0 Å². The molecule has 2 aliphatic rings. The van der Waals surface area contributed by atoms with Gasteiger partial charge in [0.15, 0.2) is 0 Å². The highest BCUT2D eigenvalue weighted by molar-refractivity contribution is 7.21. The molecule has 0 aromatic carbocycles. The van der Waals surface area contributed by atoms with E-state index in [1.54, 1.807) is 11.3 Å². The first-order valence-electron chi connectivity index (χ1n) is 11.0. The first-order valence-corrected chi connectivity index (χ1v) is 11.8. The van der Waals surface area contributed by atoms with Crippen LogP contribution in [0, 0.1) is 12.8 Å². The number of likely N-dealkylation sites (N-methyl/N-ethyl adjacent to an activating group) is 1. The molecule has 0 bridgehead atoms. The fraction of sp³-hybridized carbons (Fsp3) is 0.333. The van der Waals surface area contributed by atoms with Crippen molar-refractivity contribution < 1.29 is 0 Å². The third-order valence-electron chi connectivity index (χ3n) is 6.63. The molecular formula is C24H25N7S. The molecule has 8 heteroatoms. The van der Waals surface area contributed by atoms with Gasteiger partial charge in [-0.15, -0.1) is 11.3 Å².